The van der Waals surface area contributed by atoms with E-state index in [1.807, 2.05) is 7.11 Å². The lowest BCUT2D eigenvalue weighted by Crippen LogP contribution is -2.49. The molecule has 0 spiro atoms. The number of hydrogen-bond acceptors (Lipinski definition) is 2. The fourth-order valence-corrected chi connectivity index (χ4v) is 8.84. The quantitative estimate of drug-likeness (QED) is 0.456. The number of benzene rings is 2. The van der Waals surface area contributed by atoms with Crippen LogP contribution in [0.1, 0.15) is 101 Å². The van der Waals surface area contributed by atoms with Gasteiger partial charge in [0.15, 0.2) is 0 Å². The molecule has 0 saturated heterocycles. The summed E-state index contributed by atoms with van der Waals surface area (Å²) in [4.78, 5) is 2.66. The van der Waals surface area contributed by atoms with Crippen LogP contribution in [0.3, 0.4) is 0 Å². The van der Waals surface area contributed by atoms with E-state index in [1.54, 1.807) is 0 Å². The van der Waals surface area contributed by atoms with Crippen LogP contribution in [0.2, 0.25) is 0 Å². The predicted molar refractivity (Wildman–Crippen MR) is 143 cm³/mol. The second kappa shape index (κ2) is 7.77. The molecule has 34 heavy (non-hydrogen) atoms. The van der Waals surface area contributed by atoms with Crippen LogP contribution >= 0.6 is 0 Å². The molecule has 5 aliphatic rings. The largest absolute Gasteiger partial charge is 0.496 e. The predicted octanol–water partition coefficient (Wildman–Crippen LogP) is 8.46. The molecule has 0 unspecified atom stereocenters. The molecule has 2 nitrogen and oxygen atoms in total. The maximum Gasteiger partial charge on any atom is 0.122 e. The van der Waals surface area contributed by atoms with Gasteiger partial charge in [0, 0.05) is 22.5 Å². The molecule has 0 N–H and O–H groups in total. The number of anilines is 2. The monoisotopic (exact) mass is 457 g/mol. The number of rotatable bonds is 4. The van der Waals surface area contributed by atoms with E-state index < -0.39 is 0 Å². The van der Waals surface area contributed by atoms with Gasteiger partial charge in [-0.2, -0.15) is 0 Å². The van der Waals surface area contributed by atoms with Crippen molar-refractivity contribution in [2.24, 2.45) is 17.8 Å². The lowest BCUT2D eigenvalue weighted by molar-refractivity contribution is -0.00614. The molecule has 4 aliphatic carbocycles. The molecule has 0 amide bonds. The van der Waals surface area contributed by atoms with Gasteiger partial charge in [-0.25, -0.2) is 0 Å². The molecule has 2 aromatic rings. The van der Waals surface area contributed by atoms with Crippen LogP contribution in [-0.4, -0.2) is 12.6 Å². The number of hydrogen-bond donors (Lipinski definition) is 0. The molecular weight excluding hydrogens is 414 g/mol. The first-order chi connectivity index (χ1) is 16.2. The number of methoxy groups -OCH3 is 1. The Labute approximate surface area is 207 Å². The van der Waals surface area contributed by atoms with Gasteiger partial charge in [0.25, 0.3) is 0 Å². The Morgan fingerprint density at radius 2 is 1.59 bits per heavy atom. The van der Waals surface area contributed by atoms with E-state index in [0.29, 0.717) is 11.3 Å². The fourth-order valence-electron chi connectivity index (χ4n) is 8.84. The smallest absolute Gasteiger partial charge is 0.122 e. The van der Waals surface area contributed by atoms with Crippen molar-refractivity contribution in [1.82, 2.24) is 0 Å². The highest BCUT2D eigenvalue weighted by Gasteiger charge is 2.52. The molecule has 7 rings (SSSR count). The van der Waals surface area contributed by atoms with E-state index in [0.717, 1.165) is 29.9 Å². The van der Waals surface area contributed by atoms with Crippen molar-refractivity contribution in [2.45, 2.75) is 103 Å². The van der Waals surface area contributed by atoms with E-state index in [2.05, 4.69) is 69.9 Å². The summed E-state index contributed by atoms with van der Waals surface area (Å²) < 4.78 is 6.04. The van der Waals surface area contributed by atoms with E-state index in [1.165, 1.54) is 78.6 Å². The first-order valence-electron chi connectivity index (χ1n) is 13.8. The highest BCUT2D eigenvalue weighted by Crippen LogP contribution is 2.62. The van der Waals surface area contributed by atoms with Crippen molar-refractivity contribution in [2.75, 3.05) is 12.0 Å². The molecule has 182 valence electrons. The third-order valence-electron chi connectivity index (χ3n) is 9.99. The van der Waals surface area contributed by atoms with Crippen molar-refractivity contribution in [3.63, 3.8) is 0 Å². The Hall–Kier alpha value is -1.96. The van der Waals surface area contributed by atoms with E-state index in [-0.39, 0.29) is 5.54 Å². The summed E-state index contributed by atoms with van der Waals surface area (Å²) in [5.41, 5.74) is 9.14. The Bertz CT molecular complexity index is 1070. The Morgan fingerprint density at radius 3 is 2.18 bits per heavy atom. The summed E-state index contributed by atoms with van der Waals surface area (Å²) in [7, 11) is 1.87. The van der Waals surface area contributed by atoms with Gasteiger partial charge in [-0.3, -0.25) is 0 Å². The van der Waals surface area contributed by atoms with Gasteiger partial charge in [0.05, 0.1) is 7.11 Å². The number of ether oxygens (including phenoxy) is 1. The third-order valence-corrected chi connectivity index (χ3v) is 9.99. The minimum Gasteiger partial charge on any atom is -0.496 e. The normalized spacial score (nSPS) is 31.1. The second-order valence-corrected chi connectivity index (χ2v) is 13.2. The van der Waals surface area contributed by atoms with Crippen molar-refractivity contribution >= 4 is 11.4 Å². The molecule has 4 saturated carbocycles. The molecule has 4 bridgehead atoms. The number of aryl methyl sites for hydroxylation is 2. The minimum absolute atomic E-state index is 0.0894. The highest BCUT2D eigenvalue weighted by molar-refractivity contribution is 5.73. The van der Waals surface area contributed by atoms with Crippen LogP contribution in [0.4, 0.5) is 11.4 Å². The topological polar surface area (TPSA) is 12.5 Å². The zero-order valence-corrected chi connectivity index (χ0v) is 22.2. The summed E-state index contributed by atoms with van der Waals surface area (Å²) in [5, 5.41) is 0. The standard InChI is InChI=1S/C32H43NO/c1-20(2)27-15-25-9-10-31(4,5)33(29(25)11-21(27)3)26-7-8-30(34-6)28(16-26)32-17-22-12-23(18-32)14-24(13-22)19-32/h7-8,11,15-16,20,22-24H,9-10,12-14,17-19H2,1-6H3. The number of fused-ring (bicyclic) bond motifs is 1. The van der Waals surface area contributed by atoms with Crippen LogP contribution in [0.15, 0.2) is 30.3 Å². The molecule has 2 heteroatoms. The van der Waals surface area contributed by atoms with Gasteiger partial charge >= 0.3 is 0 Å². The summed E-state index contributed by atoms with van der Waals surface area (Å²) in [6.07, 6.45) is 10.9. The molecule has 4 fully saturated rings. The summed E-state index contributed by atoms with van der Waals surface area (Å²) in [6, 6.07) is 12.1. The van der Waals surface area contributed by atoms with Crippen LogP contribution in [0, 0.1) is 24.7 Å². The van der Waals surface area contributed by atoms with E-state index >= 15 is 0 Å². The second-order valence-electron chi connectivity index (χ2n) is 13.2. The van der Waals surface area contributed by atoms with Gasteiger partial charge < -0.3 is 9.64 Å². The molecule has 0 aromatic heterocycles. The van der Waals surface area contributed by atoms with E-state index in [4.69, 9.17) is 4.74 Å². The lowest BCUT2D eigenvalue weighted by atomic mass is 9.48. The Balaban J connectivity index is 1.48. The van der Waals surface area contributed by atoms with Crippen LogP contribution in [0.5, 0.6) is 5.75 Å². The SMILES string of the molecule is COc1ccc(N2c3cc(C)c(C(C)C)cc3CCC2(C)C)cc1C12CC3CC(CC(C3)C1)C2. The van der Waals surface area contributed by atoms with Crippen molar-refractivity contribution < 1.29 is 4.74 Å². The first kappa shape index (κ1) is 22.5. The van der Waals surface area contributed by atoms with Gasteiger partial charge in [-0.1, -0.05) is 19.9 Å². The zero-order chi connectivity index (χ0) is 23.8. The van der Waals surface area contributed by atoms with Crippen molar-refractivity contribution in [3.05, 3.63) is 52.6 Å². The van der Waals surface area contributed by atoms with Gasteiger partial charge in [0.2, 0.25) is 0 Å². The maximum absolute atomic E-state index is 6.04. The summed E-state index contributed by atoms with van der Waals surface area (Å²) in [6.45, 7) is 11.8. The molecule has 0 atom stereocenters. The molecule has 2 aromatic carbocycles. The average molecular weight is 458 g/mol. The number of nitrogens with zero attached hydrogens (tertiary/aromatic N) is 1. The lowest BCUT2D eigenvalue weighted by Gasteiger charge is -2.57. The third kappa shape index (κ3) is 3.42. The minimum atomic E-state index is 0.0894. The average Bonchev–Trinajstić information content (AvgIpc) is 2.77. The maximum atomic E-state index is 6.04. The fraction of sp³-hybridized carbons (Fsp3) is 0.625. The van der Waals surface area contributed by atoms with Gasteiger partial charge in [-0.05, 0) is 142 Å². The zero-order valence-electron chi connectivity index (χ0n) is 22.2. The van der Waals surface area contributed by atoms with Crippen molar-refractivity contribution in [1.29, 1.82) is 0 Å². The molecule has 0 radical (unpaired) electrons. The molecular formula is C32H43NO. The van der Waals surface area contributed by atoms with E-state index in [9.17, 15) is 0 Å². The Morgan fingerprint density at radius 1 is 0.941 bits per heavy atom. The Kier molecular flexibility index (Phi) is 5.14. The van der Waals surface area contributed by atoms with Crippen LogP contribution in [-0.2, 0) is 11.8 Å². The van der Waals surface area contributed by atoms with Crippen molar-refractivity contribution in [3.8, 4) is 5.75 Å². The summed E-state index contributed by atoms with van der Waals surface area (Å²) >= 11 is 0. The van der Waals surface area contributed by atoms with Crippen LogP contribution < -0.4 is 9.64 Å². The highest BCUT2D eigenvalue weighted by atomic mass is 16.5. The van der Waals surface area contributed by atoms with Gasteiger partial charge in [-0.15, -0.1) is 0 Å². The molecule has 1 aliphatic heterocycles. The first-order valence-corrected chi connectivity index (χ1v) is 13.8. The molecule has 1 heterocycles. The van der Waals surface area contributed by atoms with Gasteiger partial charge in [0.1, 0.15) is 5.75 Å². The summed E-state index contributed by atoms with van der Waals surface area (Å²) in [5.74, 6) is 4.49. The van der Waals surface area contributed by atoms with Crippen LogP contribution in [0.25, 0.3) is 0 Å².